The van der Waals surface area contributed by atoms with Crippen LogP contribution in [0.15, 0.2) is 24.5 Å². The zero-order valence-electron chi connectivity index (χ0n) is 13.4. The van der Waals surface area contributed by atoms with Crippen LogP contribution in [0.4, 0.5) is 11.4 Å². The van der Waals surface area contributed by atoms with Gasteiger partial charge in [0.05, 0.1) is 44.5 Å². The van der Waals surface area contributed by atoms with E-state index in [1.165, 1.54) is 12.3 Å². The number of hydrogen-bond donors (Lipinski definition) is 2. The van der Waals surface area contributed by atoms with Gasteiger partial charge < -0.3 is 10.2 Å². The molecule has 2 rings (SSSR count). The third-order valence-corrected chi connectivity index (χ3v) is 3.80. The highest BCUT2D eigenvalue weighted by atomic mass is 35.5. The molecule has 0 saturated carbocycles. The van der Waals surface area contributed by atoms with Crippen molar-refractivity contribution >= 4 is 34.6 Å². The van der Waals surface area contributed by atoms with Crippen LogP contribution in [0.2, 0.25) is 10.0 Å². The fourth-order valence-corrected chi connectivity index (χ4v) is 2.14. The Morgan fingerprint density at radius 3 is 1.85 bits per heavy atom. The number of pyridine rings is 2. The first-order chi connectivity index (χ1) is 12.2. The molecule has 12 heteroatoms. The average molecular weight is 405 g/mol. The standard InChI is InChI=1S/C8H9ClN2O4.C6H5ClN2O2/c9-7-1-6(11(14)15)2-10-8(7)5(3-12)4-13;1-4-6(7)2-5(3-8-4)9(10)11/h1-2,5,12-13H,3-4H2;2-3H,1H3. The third kappa shape index (κ3) is 5.85. The SMILES string of the molecule is Cc1ncc([N+](=O)[O-])cc1Cl.O=[N+]([O-])c1cnc(C(CO)CO)c(Cl)c1. The smallest absolute Gasteiger partial charge is 0.289 e. The molecule has 0 bridgehead atoms. The van der Waals surface area contributed by atoms with Crippen LogP contribution in [0.3, 0.4) is 0 Å². The predicted molar refractivity (Wildman–Crippen MR) is 93.5 cm³/mol. The van der Waals surface area contributed by atoms with Crippen molar-refractivity contribution in [1.82, 2.24) is 9.97 Å². The number of nitrogens with zero attached hydrogens (tertiary/aromatic N) is 4. The van der Waals surface area contributed by atoms with E-state index in [0.29, 0.717) is 10.7 Å². The van der Waals surface area contributed by atoms with Crippen LogP contribution in [0.5, 0.6) is 0 Å². The zero-order valence-corrected chi connectivity index (χ0v) is 14.9. The molecule has 2 heterocycles. The molecule has 0 unspecified atom stereocenters. The maximum absolute atomic E-state index is 10.4. The number of aromatic nitrogens is 2. The number of aliphatic hydroxyl groups excluding tert-OH is 2. The molecule has 0 atom stereocenters. The lowest BCUT2D eigenvalue weighted by molar-refractivity contribution is -0.385. The maximum Gasteiger partial charge on any atom is 0.289 e. The molecule has 0 amide bonds. The van der Waals surface area contributed by atoms with E-state index >= 15 is 0 Å². The first-order valence-electron chi connectivity index (χ1n) is 6.99. The molecule has 0 aliphatic heterocycles. The highest BCUT2D eigenvalue weighted by Gasteiger charge is 2.17. The van der Waals surface area contributed by atoms with Gasteiger partial charge in [0.25, 0.3) is 11.4 Å². The van der Waals surface area contributed by atoms with E-state index in [-0.39, 0.29) is 35.3 Å². The Morgan fingerprint density at radius 1 is 1.00 bits per heavy atom. The molecule has 0 saturated heterocycles. The summed E-state index contributed by atoms with van der Waals surface area (Å²) in [6.45, 7) is 1.05. The van der Waals surface area contributed by atoms with Crippen LogP contribution in [0, 0.1) is 27.2 Å². The van der Waals surface area contributed by atoms with Crippen LogP contribution in [0.25, 0.3) is 0 Å². The van der Waals surface area contributed by atoms with Gasteiger partial charge in [-0.3, -0.25) is 30.2 Å². The third-order valence-electron chi connectivity index (χ3n) is 3.12. The van der Waals surface area contributed by atoms with Crippen LogP contribution in [0.1, 0.15) is 17.3 Å². The van der Waals surface area contributed by atoms with Gasteiger partial charge >= 0.3 is 0 Å². The average Bonchev–Trinajstić information content (AvgIpc) is 2.60. The van der Waals surface area contributed by atoms with E-state index in [0.717, 1.165) is 12.3 Å². The molecule has 2 aromatic heterocycles. The minimum absolute atomic E-state index is 0.0669. The van der Waals surface area contributed by atoms with Crippen molar-refractivity contribution in [3.63, 3.8) is 0 Å². The minimum Gasteiger partial charge on any atom is -0.396 e. The molecular formula is C14H14Cl2N4O6. The Balaban J connectivity index is 0.000000273. The highest BCUT2D eigenvalue weighted by Crippen LogP contribution is 2.25. The fraction of sp³-hybridized carbons (Fsp3) is 0.286. The van der Waals surface area contributed by atoms with Gasteiger partial charge in [-0.15, -0.1) is 0 Å². The van der Waals surface area contributed by atoms with Crippen molar-refractivity contribution in [2.75, 3.05) is 13.2 Å². The van der Waals surface area contributed by atoms with Crippen LogP contribution in [-0.2, 0) is 0 Å². The van der Waals surface area contributed by atoms with Gasteiger partial charge in [0.2, 0.25) is 0 Å². The quantitative estimate of drug-likeness (QED) is 0.569. The molecule has 2 aromatic rings. The second-order valence-corrected chi connectivity index (χ2v) is 5.71. The lowest BCUT2D eigenvalue weighted by Crippen LogP contribution is -2.11. The molecular weight excluding hydrogens is 391 g/mol. The van der Waals surface area contributed by atoms with E-state index < -0.39 is 15.8 Å². The van der Waals surface area contributed by atoms with Crippen LogP contribution >= 0.6 is 23.2 Å². The Labute approximate surface area is 157 Å². The summed E-state index contributed by atoms with van der Waals surface area (Å²) in [6, 6.07) is 2.42. The molecule has 0 spiro atoms. The van der Waals surface area contributed by atoms with Crippen molar-refractivity contribution in [1.29, 1.82) is 0 Å². The van der Waals surface area contributed by atoms with E-state index in [2.05, 4.69) is 9.97 Å². The van der Waals surface area contributed by atoms with Crippen molar-refractivity contribution in [2.45, 2.75) is 12.8 Å². The lowest BCUT2D eigenvalue weighted by atomic mass is 10.1. The summed E-state index contributed by atoms with van der Waals surface area (Å²) in [5.74, 6) is -0.613. The van der Waals surface area contributed by atoms with Crippen molar-refractivity contribution in [3.05, 3.63) is 66.2 Å². The van der Waals surface area contributed by atoms with E-state index in [4.69, 9.17) is 33.4 Å². The Kier molecular flexibility index (Phi) is 8.26. The second-order valence-electron chi connectivity index (χ2n) is 4.90. The van der Waals surface area contributed by atoms with E-state index in [1.807, 2.05) is 0 Å². The molecule has 0 radical (unpaired) electrons. The van der Waals surface area contributed by atoms with Crippen LogP contribution in [-0.4, -0.2) is 43.2 Å². The zero-order chi connectivity index (χ0) is 19.9. The Hall–Kier alpha value is -2.40. The van der Waals surface area contributed by atoms with Gasteiger partial charge in [0, 0.05) is 18.1 Å². The summed E-state index contributed by atoms with van der Waals surface area (Å²) in [6.07, 6.45) is 2.22. The topological polar surface area (TPSA) is 153 Å². The summed E-state index contributed by atoms with van der Waals surface area (Å²) in [5.41, 5.74) is 0.545. The highest BCUT2D eigenvalue weighted by molar-refractivity contribution is 6.31. The molecule has 26 heavy (non-hydrogen) atoms. The first kappa shape index (κ1) is 21.6. The molecule has 2 N–H and O–H groups in total. The molecule has 0 aliphatic carbocycles. The van der Waals surface area contributed by atoms with E-state index in [1.54, 1.807) is 6.92 Å². The molecule has 0 aromatic carbocycles. The summed E-state index contributed by atoms with van der Waals surface area (Å²) >= 11 is 11.3. The predicted octanol–water partition coefficient (Wildman–Crippen LogP) is 2.66. The molecule has 140 valence electrons. The van der Waals surface area contributed by atoms with Crippen molar-refractivity contribution < 1.29 is 20.1 Å². The largest absolute Gasteiger partial charge is 0.396 e. The second kappa shape index (κ2) is 9.92. The lowest BCUT2D eigenvalue weighted by Gasteiger charge is -2.11. The van der Waals surface area contributed by atoms with Gasteiger partial charge in [0.1, 0.15) is 12.4 Å². The molecule has 10 nitrogen and oxygen atoms in total. The first-order valence-corrected chi connectivity index (χ1v) is 7.74. The number of nitro groups is 2. The summed E-state index contributed by atoms with van der Waals surface area (Å²) in [7, 11) is 0. The molecule has 0 aliphatic rings. The fourth-order valence-electron chi connectivity index (χ4n) is 1.67. The summed E-state index contributed by atoms with van der Waals surface area (Å²) in [5, 5.41) is 38.7. The van der Waals surface area contributed by atoms with Gasteiger partial charge in [-0.1, -0.05) is 23.2 Å². The van der Waals surface area contributed by atoms with Gasteiger partial charge in [-0.05, 0) is 6.92 Å². The summed E-state index contributed by atoms with van der Waals surface area (Å²) < 4.78 is 0. The minimum atomic E-state index is -0.616. The van der Waals surface area contributed by atoms with Crippen LogP contribution < -0.4 is 0 Å². The number of hydrogen-bond acceptors (Lipinski definition) is 8. The normalized spacial score (nSPS) is 10.2. The van der Waals surface area contributed by atoms with Gasteiger partial charge in [-0.2, -0.15) is 0 Å². The number of aryl methyl sites for hydroxylation is 1. The van der Waals surface area contributed by atoms with Gasteiger partial charge in [0.15, 0.2) is 0 Å². The Morgan fingerprint density at radius 2 is 1.46 bits per heavy atom. The molecule has 0 fully saturated rings. The van der Waals surface area contributed by atoms with Crippen molar-refractivity contribution in [2.24, 2.45) is 0 Å². The summed E-state index contributed by atoms with van der Waals surface area (Å²) in [4.78, 5) is 26.9. The van der Waals surface area contributed by atoms with Gasteiger partial charge in [-0.25, -0.2) is 0 Å². The maximum atomic E-state index is 10.4. The van der Waals surface area contributed by atoms with E-state index in [9.17, 15) is 20.2 Å². The number of aliphatic hydroxyl groups is 2. The van der Waals surface area contributed by atoms with Crippen molar-refractivity contribution in [3.8, 4) is 0 Å². The Bertz CT molecular complexity index is 801. The number of rotatable bonds is 5. The number of halogens is 2. The monoisotopic (exact) mass is 404 g/mol.